The first-order valence-corrected chi connectivity index (χ1v) is 20.4. The molecule has 0 saturated carbocycles. The molecule has 2 unspecified atom stereocenters. The molecule has 0 saturated heterocycles. The fraction of sp³-hybridized carbons (Fsp3) is 0.925. The average molecular weight is 667 g/mol. The highest BCUT2D eigenvalue weighted by Crippen LogP contribution is 2.19. The molecule has 0 aromatic rings. The summed E-state index contributed by atoms with van der Waals surface area (Å²) >= 11 is 0. The highest BCUT2D eigenvalue weighted by atomic mass is 16.5. The summed E-state index contributed by atoms with van der Waals surface area (Å²) in [4.78, 5) is 36.2. The molecule has 0 bridgehead atoms. The Balaban J connectivity index is 4.27. The van der Waals surface area contributed by atoms with Gasteiger partial charge in [0.2, 0.25) is 5.91 Å². The maximum atomic E-state index is 12.7. The van der Waals surface area contributed by atoms with Crippen LogP contribution < -0.4 is 11.1 Å². The molecule has 0 fully saturated rings. The molecular formula is C40H78N2O5. The molecule has 0 spiro atoms. The molecule has 0 aromatic carbocycles. The minimum Gasteiger partial charge on any atom is -0.480 e. The van der Waals surface area contributed by atoms with E-state index < -0.39 is 12.0 Å². The Hall–Kier alpha value is -1.63. The topological polar surface area (TPSA) is 119 Å². The van der Waals surface area contributed by atoms with Crippen molar-refractivity contribution in [2.75, 3.05) is 6.54 Å². The second kappa shape index (κ2) is 35.7. The summed E-state index contributed by atoms with van der Waals surface area (Å²) in [7, 11) is 0. The molecular weight excluding hydrogens is 588 g/mol. The van der Waals surface area contributed by atoms with Crippen LogP contribution in [0.4, 0.5) is 0 Å². The van der Waals surface area contributed by atoms with E-state index in [1.54, 1.807) is 0 Å². The molecule has 4 N–H and O–H groups in total. The minimum absolute atomic E-state index is 0.0184. The molecule has 0 radical (unpaired) electrons. The van der Waals surface area contributed by atoms with Crippen LogP contribution in [0, 0.1) is 0 Å². The quantitative estimate of drug-likeness (QED) is 0.0448. The smallest absolute Gasteiger partial charge is 0.326 e. The van der Waals surface area contributed by atoms with Gasteiger partial charge in [-0.25, -0.2) is 4.79 Å². The number of amides is 1. The number of ether oxygens (including phenoxy) is 1. The van der Waals surface area contributed by atoms with Crippen LogP contribution in [0.3, 0.4) is 0 Å². The van der Waals surface area contributed by atoms with Crippen molar-refractivity contribution in [2.24, 2.45) is 5.73 Å². The summed E-state index contributed by atoms with van der Waals surface area (Å²) in [5, 5.41) is 11.9. The zero-order chi connectivity index (χ0) is 34.6. The molecule has 0 aliphatic rings. The number of rotatable bonds is 37. The first-order valence-electron chi connectivity index (χ1n) is 20.4. The van der Waals surface area contributed by atoms with E-state index in [0.717, 1.165) is 64.2 Å². The van der Waals surface area contributed by atoms with Crippen molar-refractivity contribution in [1.82, 2.24) is 5.32 Å². The van der Waals surface area contributed by atoms with Crippen molar-refractivity contribution in [3.8, 4) is 0 Å². The summed E-state index contributed by atoms with van der Waals surface area (Å²) < 4.78 is 6.02. The van der Waals surface area contributed by atoms with Gasteiger partial charge in [0.05, 0.1) is 0 Å². The Morgan fingerprint density at radius 2 is 0.915 bits per heavy atom. The Bertz CT molecular complexity index is 717. The molecule has 7 nitrogen and oxygen atoms in total. The van der Waals surface area contributed by atoms with Gasteiger partial charge in [-0.1, -0.05) is 155 Å². The number of aliphatic carboxylic acids is 1. The van der Waals surface area contributed by atoms with Crippen LogP contribution in [0.15, 0.2) is 0 Å². The van der Waals surface area contributed by atoms with Gasteiger partial charge in [-0.2, -0.15) is 0 Å². The van der Waals surface area contributed by atoms with Crippen molar-refractivity contribution < 1.29 is 24.2 Å². The van der Waals surface area contributed by atoms with E-state index in [4.69, 9.17) is 10.5 Å². The third kappa shape index (κ3) is 32.7. The number of hydrogen-bond acceptors (Lipinski definition) is 5. The number of carbonyl (C=O) groups is 3. The Morgan fingerprint density at radius 3 is 1.32 bits per heavy atom. The predicted octanol–water partition coefficient (Wildman–Crippen LogP) is 10.9. The first-order chi connectivity index (χ1) is 22.9. The van der Waals surface area contributed by atoms with Crippen LogP contribution in [0.5, 0.6) is 0 Å². The normalized spacial score (nSPS) is 12.6. The monoisotopic (exact) mass is 667 g/mol. The van der Waals surface area contributed by atoms with E-state index in [2.05, 4.69) is 19.2 Å². The molecule has 47 heavy (non-hydrogen) atoms. The maximum absolute atomic E-state index is 12.7. The third-order valence-corrected chi connectivity index (χ3v) is 9.42. The van der Waals surface area contributed by atoms with Crippen LogP contribution in [0.2, 0.25) is 0 Å². The lowest BCUT2D eigenvalue weighted by Gasteiger charge is -2.18. The van der Waals surface area contributed by atoms with Gasteiger partial charge in [0.15, 0.2) is 0 Å². The third-order valence-electron chi connectivity index (χ3n) is 9.42. The van der Waals surface area contributed by atoms with E-state index in [0.29, 0.717) is 32.2 Å². The molecule has 0 heterocycles. The lowest BCUT2D eigenvalue weighted by atomic mass is 10.0. The number of carbonyl (C=O) groups excluding carboxylic acids is 2. The number of nitrogens with two attached hydrogens (primary N) is 1. The van der Waals surface area contributed by atoms with Gasteiger partial charge in [-0.3, -0.25) is 9.59 Å². The highest BCUT2D eigenvalue weighted by molar-refractivity contribution is 5.83. The Kier molecular flexibility index (Phi) is 34.4. The van der Waals surface area contributed by atoms with E-state index in [1.165, 1.54) is 116 Å². The molecule has 278 valence electrons. The Labute approximate surface area is 290 Å². The van der Waals surface area contributed by atoms with Crippen LogP contribution in [0.25, 0.3) is 0 Å². The van der Waals surface area contributed by atoms with Gasteiger partial charge >= 0.3 is 11.9 Å². The van der Waals surface area contributed by atoms with Gasteiger partial charge in [0.1, 0.15) is 12.1 Å². The lowest BCUT2D eigenvalue weighted by molar-refractivity contribution is -0.150. The molecule has 7 heteroatoms. The van der Waals surface area contributed by atoms with Crippen LogP contribution in [0.1, 0.15) is 219 Å². The van der Waals surface area contributed by atoms with Gasteiger partial charge in [0.25, 0.3) is 0 Å². The van der Waals surface area contributed by atoms with Crippen molar-refractivity contribution in [1.29, 1.82) is 0 Å². The highest BCUT2D eigenvalue weighted by Gasteiger charge is 2.19. The Morgan fingerprint density at radius 1 is 0.532 bits per heavy atom. The first kappa shape index (κ1) is 45.4. The van der Waals surface area contributed by atoms with Crippen LogP contribution in [-0.2, 0) is 19.1 Å². The molecule has 2 atom stereocenters. The average Bonchev–Trinajstić information content (AvgIpc) is 3.05. The second-order valence-electron chi connectivity index (χ2n) is 14.1. The van der Waals surface area contributed by atoms with E-state index in [-0.39, 0.29) is 18.0 Å². The van der Waals surface area contributed by atoms with E-state index >= 15 is 0 Å². The zero-order valence-corrected chi connectivity index (χ0v) is 31.1. The van der Waals surface area contributed by atoms with Crippen molar-refractivity contribution in [3.63, 3.8) is 0 Å². The van der Waals surface area contributed by atoms with E-state index in [9.17, 15) is 19.5 Å². The fourth-order valence-corrected chi connectivity index (χ4v) is 6.33. The van der Waals surface area contributed by atoms with Gasteiger partial charge < -0.3 is 20.9 Å². The minimum atomic E-state index is -1.00. The number of nitrogens with one attached hydrogen (secondary N) is 1. The van der Waals surface area contributed by atoms with Crippen LogP contribution in [-0.4, -0.2) is 41.6 Å². The number of hydrogen-bond donors (Lipinski definition) is 3. The summed E-state index contributed by atoms with van der Waals surface area (Å²) in [6.45, 7) is 4.94. The number of carboxylic acid groups (broad SMARTS) is 1. The lowest BCUT2D eigenvalue weighted by Crippen LogP contribution is -2.40. The summed E-state index contributed by atoms with van der Waals surface area (Å²) in [5.74, 6) is -1.22. The van der Waals surface area contributed by atoms with Gasteiger partial charge in [-0.15, -0.1) is 0 Å². The summed E-state index contributed by atoms with van der Waals surface area (Å²) in [6, 6.07) is -0.851. The van der Waals surface area contributed by atoms with Crippen molar-refractivity contribution in [3.05, 3.63) is 0 Å². The van der Waals surface area contributed by atoms with Crippen molar-refractivity contribution >= 4 is 17.8 Å². The molecule has 1 amide bonds. The van der Waals surface area contributed by atoms with E-state index in [1.807, 2.05) is 0 Å². The number of carboxylic acids is 1. The molecule has 0 aliphatic carbocycles. The van der Waals surface area contributed by atoms with Gasteiger partial charge in [-0.05, 0) is 57.9 Å². The number of unbranched alkanes of at least 4 members (excludes halogenated alkanes) is 23. The zero-order valence-electron chi connectivity index (χ0n) is 31.1. The standard InChI is InChI=1S/C40H78N2O5/c1-3-5-7-9-11-13-15-17-19-24-28-34-39(44)47-36(30-25-21-18-16-14-12-10-8-6-4-2)31-26-22-20-23-27-33-38(43)42-37(40(45)46)32-29-35-41/h36-37H,3-35,41H2,1-2H3,(H,42,43)(H,45,46). The number of esters is 1. The SMILES string of the molecule is CCCCCCCCCCCCCC(=O)OC(CCCCCCCCCCCC)CCCCCCCC(=O)NC(CCCN)C(=O)O. The summed E-state index contributed by atoms with van der Waals surface area (Å²) in [6.07, 6.45) is 35.7. The maximum Gasteiger partial charge on any atom is 0.326 e. The fourth-order valence-electron chi connectivity index (χ4n) is 6.33. The van der Waals surface area contributed by atoms with Crippen molar-refractivity contribution in [2.45, 2.75) is 231 Å². The summed E-state index contributed by atoms with van der Waals surface area (Å²) in [5.41, 5.74) is 5.47. The largest absolute Gasteiger partial charge is 0.480 e. The second-order valence-corrected chi connectivity index (χ2v) is 14.1. The molecule has 0 aliphatic heterocycles. The van der Waals surface area contributed by atoms with Crippen LogP contribution >= 0.6 is 0 Å². The molecule has 0 rings (SSSR count). The predicted molar refractivity (Wildman–Crippen MR) is 198 cm³/mol. The molecule has 0 aromatic heterocycles. The van der Waals surface area contributed by atoms with Gasteiger partial charge in [0, 0.05) is 12.8 Å².